The molecule has 0 spiro atoms. The fraction of sp³-hybridized carbons (Fsp3) is 0.500. The van der Waals surface area contributed by atoms with E-state index >= 15 is 0 Å². The quantitative estimate of drug-likeness (QED) is 0.865. The third-order valence-corrected chi connectivity index (χ3v) is 3.91. The van der Waals surface area contributed by atoms with E-state index in [2.05, 4.69) is 10.6 Å². The summed E-state index contributed by atoms with van der Waals surface area (Å²) in [6.07, 6.45) is 0. The monoisotopic (exact) mass is 323 g/mol. The minimum atomic E-state index is -0.521. The fourth-order valence-corrected chi connectivity index (χ4v) is 2.72. The van der Waals surface area contributed by atoms with E-state index in [0.717, 1.165) is 5.56 Å². The summed E-state index contributed by atoms with van der Waals surface area (Å²) in [5, 5.41) is 6.26. The van der Waals surface area contributed by atoms with Crippen LogP contribution in [0.2, 0.25) is 5.02 Å². The van der Waals surface area contributed by atoms with Crippen molar-refractivity contribution in [3.63, 3.8) is 0 Å². The first-order valence-corrected chi connectivity index (χ1v) is 7.89. The first-order valence-electron chi connectivity index (χ1n) is 7.52. The van der Waals surface area contributed by atoms with E-state index in [4.69, 9.17) is 11.6 Å². The fourth-order valence-electron chi connectivity index (χ4n) is 2.48. The van der Waals surface area contributed by atoms with Crippen LogP contribution in [-0.4, -0.2) is 42.9 Å². The van der Waals surface area contributed by atoms with E-state index < -0.39 is 6.04 Å². The first kappa shape index (κ1) is 16.8. The minimum Gasteiger partial charge on any atom is -0.355 e. The molecule has 1 aliphatic rings. The van der Waals surface area contributed by atoms with Crippen LogP contribution in [0.4, 0.5) is 0 Å². The normalized spacial score (nSPS) is 19.1. The van der Waals surface area contributed by atoms with Crippen LogP contribution in [0.5, 0.6) is 0 Å². The van der Waals surface area contributed by atoms with Gasteiger partial charge >= 0.3 is 0 Å². The van der Waals surface area contributed by atoms with E-state index in [1.165, 1.54) is 0 Å². The molecule has 0 bridgehead atoms. The second-order valence-corrected chi connectivity index (χ2v) is 6.29. The lowest BCUT2D eigenvalue weighted by Gasteiger charge is -2.35. The molecular formula is C16H22ClN3O2. The summed E-state index contributed by atoms with van der Waals surface area (Å²) in [7, 11) is 0. The molecule has 1 atom stereocenters. The van der Waals surface area contributed by atoms with Crippen molar-refractivity contribution in [3.05, 3.63) is 34.9 Å². The van der Waals surface area contributed by atoms with Crippen LogP contribution in [0.25, 0.3) is 0 Å². The van der Waals surface area contributed by atoms with Gasteiger partial charge < -0.3 is 10.6 Å². The Morgan fingerprint density at radius 1 is 1.45 bits per heavy atom. The van der Waals surface area contributed by atoms with E-state index in [1.54, 1.807) is 6.07 Å². The molecule has 2 N–H and O–H groups in total. The zero-order valence-corrected chi connectivity index (χ0v) is 13.7. The van der Waals surface area contributed by atoms with Gasteiger partial charge in [-0.1, -0.05) is 43.6 Å². The van der Waals surface area contributed by atoms with Crippen LogP contribution in [0.3, 0.4) is 0 Å². The molecule has 1 saturated heterocycles. The van der Waals surface area contributed by atoms with Crippen LogP contribution in [0.15, 0.2) is 24.3 Å². The third-order valence-electron chi connectivity index (χ3n) is 3.57. The maximum Gasteiger partial charge on any atom is 0.242 e. The first-order chi connectivity index (χ1) is 10.5. The van der Waals surface area contributed by atoms with Gasteiger partial charge in [-0.3, -0.25) is 14.5 Å². The van der Waals surface area contributed by atoms with Gasteiger partial charge in [0, 0.05) is 24.7 Å². The number of nitrogens with zero attached hydrogens (tertiary/aromatic N) is 1. The molecule has 6 heteroatoms. The number of benzene rings is 1. The number of carbonyl (C=O) groups excluding carboxylic acids is 2. The molecule has 1 heterocycles. The lowest BCUT2D eigenvalue weighted by molar-refractivity contribution is -0.131. The Morgan fingerprint density at radius 2 is 2.18 bits per heavy atom. The summed E-state index contributed by atoms with van der Waals surface area (Å²) in [4.78, 5) is 26.2. The molecule has 0 aromatic heterocycles. The van der Waals surface area contributed by atoms with Crippen molar-refractivity contribution in [1.29, 1.82) is 0 Å². The van der Waals surface area contributed by atoms with Gasteiger partial charge in [0.2, 0.25) is 11.8 Å². The minimum absolute atomic E-state index is 0.0690. The van der Waals surface area contributed by atoms with Gasteiger partial charge in [-0.15, -0.1) is 0 Å². The molecule has 0 aliphatic carbocycles. The van der Waals surface area contributed by atoms with Crippen molar-refractivity contribution >= 4 is 23.4 Å². The van der Waals surface area contributed by atoms with Crippen molar-refractivity contribution < 1.29 is 9.59 Å². The smallest absolute Gasteiger partial charge is 0.242 e. The lowest BCUT2D eigenvalue weighted by atomic mass is 10.0. The van der Waals surface area contributed by atoms with Gasteiger partial charge in [-0.25, -0.2) is 0 Å². The molecule has 0 saturated carbocycles. The summed E-state index contributed by atoms with van der Waals surface area (Å²) in [6, 6.07) is 6.74. The van der Waals surface area contributed by atoms with Crippen LogP contribution < -0.4 is 10.6 Å². The topological polar surface area (TPSA) is 61.4 Å². The van der Waals surface area contributed by atoms with E-state index in [9.17, 15) is 9.59 Å². The highest BCUT2D eigenvalue weighted by atomic mass is 35.5. The highest BCUT2D eigenvalue weighted by molar-refractivity contribution is 6.31. The number of rotatable bonds is 5. The largest absolute Gasteiger partial charge is 0.355 e. The second-order valence-electron chi connectivity index (χ2n) is 5.88. The lowest BCUT2D eigenvalue weighted by Crippen LogP contribution is -2.52. The molecule has 1 aromatic carbocycles. The average Bonchev–Trinajstić information content (AvgIpc) is 2.47. The number of carbonyl (C=O) groups is 2. The Bertz CT molecular complexity index is 548. The van der Waals surface area contributed by atoms with Crippen molar-refractivity contribution in [2.75, 3.05) is 26.2 Å². The highest BCUT2D eigenvalue weighted by Gasteiger charge is 2.33. The van der Waals surface area contributed by atoms with E-state index in [1.807, 2.05) is 36.9 Å². The Hall–Kier alpha value is -1.59. The Morgan fingerprint density at radius 3 is 2.86 bits per heavy atom. The van der Waals surface area contributed by atoms with Crippen LogP contribution in [-0.2, 0) is 9.59 Å². The number of amides is 2. The molecule has 1 aliphatic heterocycles. The van der Waals surface area contributed by atoms with Gasteiger partial charge in [0.1, 0.15) is 6.04 Å². The van der Waals surface area contributed by atoms with Gasteiger partial charge in [0.15, 0.2) is 0 Å². The van der Waals surface area contributed by atoms with Gasteiger partial charge in [-0.05, 0) is 17.5 Å². The summed E-state index contributed by atoms with van der Waals surface area (Å²) in [6.45, 7) is 6.07. The summed E-state index contributed by atoms with van der Waals surface area (Å²) in [5.41, 5.74) is 0.734. The Labute approximate surface area is 136 Å². The van der Waals surface area contributed by atoms with E-state index in [-0.39, 0.29) is 18.4 Å². The number of halogens is 1. The molecule has 120 valence electrons. The SMILES string of the molecule is CC(C)CNC(=O)CN1CCNC(=O)C1c1ccccc1Cl. The standard InChI is InChI=1S/C16H22ClN3O2/c1-11(2)9-19-14(21)10-20-8-7-18-16(22)15(20)12-5-3-4-6-13(12)17/h3-6,11,15H,7-10H2,1-2H3,(H,18,22)(H,19,21). The summed E-state index contributed by atoms with van der Waals surface area (Å²) >= 11 is 6.22. The van der Waals surface area contributed by atoms with Crippen LogP contribution >= 0.6 is 11.6 Å². The molecule has 2 amide bonds. The van der Waals surface area contributed by atoms with Crippen molar-refractivity contribution in [3.8, 4) is 0 Å². The van der Waals surface area contributed by atoms with E-state index in [0.29, 0.717) is 30.6 Å². The van der Waals surface area contributed by atoms with Crippen molar-refractivity contribution in [2.24, 2.45) is 5.92 Å². The number of nitrogens with one attached hydrogen (secondary N) is 2. The molecule has 1 fully saturated rings. The maximum absolute atomic E-state index is 12.3. The second kappa shape index (κ2) is 7.61. The van der Waals surface area contributed by atoms with Gasteiger partial charge in [0.05, 0.1) is 6.54 Å². The Balaban J connectivity index is 2.12. The summed E-state index contributed by atoms with van der Waals surface area (Å²) in [5.74, 6) is 0.212. The summed E-state index contributed by atoms with van der Waals surface area (Å²) < 4.78 is 0. The Kier molecular flexibility index (Phi) is 5.80. The predicted octanol–water partition coefficient (Wildman–Crippen LogP) is 1.59. The average molecular weight is 324 g/mol. The number of piperazine rings is 1. The highest BCUT2D eigenvalue weighted by Crippen LogP contribution is 2.28. The van der Waals surface area contributed by atoms with Gasteiger partial charge in [0.25, 0.3) is 0 Å². The molecule has 22 heavy (non-hydrogen) atoms. The van der Waals surface area contributed by atoms with Crippen LogP contribution in [0, 0.1) is 5.92 Å². The molecule has 1 unspecified atom stereocenters. The third kappa shape index (κ3) is 4.21. The molecule has 1 aromatic rings. The maximum atomic E-state index is 12.3. The number of hydrogen-bond acceptors (Lipinski definition) is 3. The molecule has 0 radical (unpaired) electrons. The zero-order chi connectivity index (χ0) is 16.1. The zero-order valence-electron chi connectivity index (χ0n) is 12.9. The predicted molar refractivity (Wildman–Crippen MR) is 86.6 cm³/mol. The molecule has 5 nitrogen and oxygen atoms in total. The number of hydrogen-bond donors (Lipinski definition) is 2. The van der Waals surface area contributed by atoms with Crippen molar-refractivity contribution in [1.82, 2.24) is 15.5 Å². The van der Waals surface area contributed by atoms with Crippen LogP contribution in [0.1, 0.15) is 25.5 Å². The molecular weight excluding hydrogens is 302 g/mol. The molecule has 2 rings (SSSR count). The van der Waals surface area contributed by atoms with Crippen molar-refractivity contribution in [2.45, 2.75) is 19.9 Å². The van der Waals surface area contributed by atoms with Gasteiger partial charge in [-0.2, -0.15) is 0 Å².